The Kier molecular flexibility index (Phi) is 3.53. The fourth-order valence-corrected chi connectivity index (χ4v) is 3.12. The maximum atomic E-state index is 12.2. The quantitative estimate of drug-likeness (QED) is 0.882. The number of hydrogen-bond donors (Lipinski definition) is 1. The normalized spacial score (nSPS) is 21.5. The molecule has 3 rings (SSSR count). The van der Waals surface area contributed by atoms with Crippen LogP contribution in [0.2, 0.25) is 0 Å². The summed E-state index contributed by atoms with van der Waals surface area (Å²) in [6.07, 6.45) is 9.61. The van der Waals surface area contributed by atoms with Crippen molar-refractivity contribution >= 4 is 5.91 Å². The van der Waals surface area contributed by atoms with Crippen LogP contribution in [0.25, 0.3) is 0 Å². The lowest BCUT2D eigenvalue weighted by Gasteiger charge is -2.18. The molecule has 2 saturated carbocycles. The largest absolute Gasteiger partial charge is 0.346 e. The summed E-state index contributed by atoms with van der Waals surface area (Å²) in [6.45, 7) is 0. The Morgan fingerprint density at radius 3 is 2.74 bits per heavy atom. The van der Waals surface area contributed by atoms with Crippen LogP contribution in [-0.2, 0) is 11.8 Å². The summed E-state index contributed by atoms with van der Waals surface area (Å²) in [5.74, 6) is 2.23. The predicted molar refractivity (Wildman–Crippen MR) is 71.2 cm³/mol. The van der Waals surface area contributed by atoms with Crippen molar-refractivity contribution in [3.05, 3.63) is 12.2 Å². The molecule has 0 unspecified atom stereocenters. The van der Waals surface area contributed by atoms with Crippen LogP contribution >= 0.6 is 0 Å². The molecule has 19 heavy (non-hydrogen) atoms. The smallest absolute Gasteiger partial charge is 0.220 e. The van der Waals surface area contributed by atoms with Crippen molar-refractivity contribution in [3.63, 3.8) is 0 Å². The topological polar surface area (TPSA) is 59.8 Å². The maximum absolute atomic E-state index is 12.2. The van der Waals surface area contributed by atoms with Crippen LogP contribution in [0, 0.1) is 11.8 Å². The predicted octanol–water partition coefficient (Wildman–Crippen LogP) is 1.96. The van der Waals surface area contributed by atoms with Gasteiger partial charge in [0.05, 0.1) is 6.04 Å². The number of hydrogen-bond acceptors (Lipinski definition) is 3. The minimum atomic E-state index is 0.0569. The highest BCUT2D eigenvalue weighted by molar-refractivity contribution is 5.76. The molecule has 1 amide bonds. The van der Waals surface area contributed by atoms with E-state index >= 15 is 0 Å². The maximum Gasteiger partial charge on any atom is 0.220 e. The lowest BCUT2D eigenvalue weighted by Crippen LogP contribution is -2.32. The van der Waals surface area contributed by atoms with Crippen LogP contribution < -0.4 is 5.32 Å². The summed E-state index contributed by atoms with van der Waals surface area (Å²) >= 11 is 0. The lowest BCUT2D eigenvalue weighted by atomic mass is 10.0. The van der Waals surface area contributed by atoms with Crippen molar-refractivity contribution in [2.24, 2.45) is 18.9 Å². The molecule has 5 nitrogen and oxygen atoms in total. The third-order valence-electron chi connectivity index (χ3n) is 4.38. The lowest BCUT2D eigenvalue weighted by molar-refractivity contribution is -0.123. The first kappa shape index (κ1) is 12.6. The van der Waals surface area contributed by atoms with Gasteiger partial charge in [-0.05, 0) is 37.5 Å². The van der Waals surface area contributed by atoms with E-state index in [-0.39, 0.29) is 11.9 Å². The number of aromatic nitrogens is 3. The molecule has 1 N–H and O–H groups in total. The molecule has 5 heteroatoms. The van der Waals surface area contributed by atoms with Gasteiger partial charge in [-0.1, -0.05) is 12.8 Å². The highest BCUT2D eigenvalue weighted by Gasteiger charge is 2.36. The van der Waals surface area contributed by atoms with Gasteiger partial charge in [0.2, 0.25) is 5.91 Å². The van der Waals surface area contributed by atoms with Gasteiger partial charge in [0.1, 0.15) is 12.2 Å². The molecule has 0 aliphatic heterocycles. The number of nitrogens with one attached hydrogen (secondary N) is 1. The summed E-state index contributed by atoms with van der Waals surface area (Å²) in [4.78, 5) is 16.5. The number of carbonyl (C=O) groups excluding carboxylic acids is 1. The Morgan fingerprint density at radius 2 is 2.16 bits per heavy atom. The number of aryl methyl sites for hydroxylation is 1. The monoisotopic (exact) mass is 262 g/mol. The van der Waals surface area contributed by atoms with Gasteiger partial charge >= 0.3 is 0 Å². The summed E-state index contributed by atoms with van der Waals surface area (Å²) in [5, 5.41) is 7.30. The highest BCUT2D eigenvalue weighted by atomic mass is 16.1. The average Bonchev–Trinajstić information content (AvgIpc) is 2.94. The number of nitrogens with zero attached hydrogens (tertiary/aromatic N) is 3. The second-order valence-electron chi connectivity index (χ2n) is 5.98. The first-order valence-corrected chi connectivity index (χ1v) is 7.37. The van der Waals surface area contributed by atoms with E-state index in [1.165, 1.54) is 38.5 Å². The van der Waals surface area contributed by atoms with E-state index in [4.69, 9.17) is 0 Å². The van der Waals surface area contributed by atoms with Crippen LogP contribution in [0.5, 0.6) is 0 Å². The fourth-order valence-electron chi connectivity index (χ4n) is 3.12. The summed E-state index contributed by atoms with van der Waals surface area (Å²) in [5.41, 5.74) is 0. The van der Waals surface area contributed by atoms with Gasteiger partial charge < -0.3 is 5.32 Å². The van der Waals surface area contributed by atoms with Crippen LogP contribution in [0.1, 0.15) is 56.8 Å². The van der Waals surface area contributed by atoms with Crippen LogP contribution in [0.4, 0.5) is 0 Å². The van der Waals surface area contributed by atoms with Crippen molar-refractivity contribution in [2.75, 3.05) is 0 Å². The molecule has 2 aliphatic carbocycles. The molecule has 1 heterocycles. The Labute approximate surface area is 113 Å². The summed E-state index contributed by atoms with van der Waals surface area (Å²) < 4.78 is 1.78. The molecule has 2 fully saturated rings. The molecule has 104 valence electrons. The molecule has 1 aromatic heterocycles. The van der Waals surface area contributed by atoms with Crippen LogP contribution in [-0.4, -0.2) is 20.7 Å². The van der Waals surface area contributed by atoms with E-state index in [0.29, 0.717) is 18.3 Å². The minimum Gasteiger partial charge on any atom is -0.346 e. The molecular weight excluding hydrogens is 240 g/mol. The van der Waals surface area contributed by atoms with Gasteiger partial charge in [-0.15, -0.1) is 0 Å². The SMILES string of the molecule is Cn1ncnc1[C@@H](NC(=O)CC1CCCC1)C1CC1. The van der Waals surface area contributed by atoms with Gasteiger partial charge in [-0.3, -0.25) is 9.48 Å². The van der Waals surface area contributed by atoms with Crippen LogP contribution in [0.15, 0.2) is 6.33 Å². The number of amides is 1. The Balaban J connectivity index is 1.61. The third-order valence-corrected chi connectivity index (χ3v) is 4.38. The molecule has 0 spiro atoms. The molecule has 1 aromatic rings. The molecule has 0 saturated heterocycles. The average molecular weight is 262 g/mol. The van der Waals surface area contributed by atoms with Crippen LogP contribution in [0.3, 0.4) is 0 Å². The highest BCUT2D eigenvalue weighted by Crippen LogP contribution is 2.40. The molecule has 0 bridgehead atoms. The molecule has 1 atom stereocenters. The first-order chi connectivity index (χ1) is 9.24. The molecule has 2 aliphatic rings. The van der Waals surface area contributed by atoms with Gasteiger partial charge in [-0.25, -0.2) is 4.98 Å². The molecular formula is C14H22N4O. The van der Waals surface area contributed by atoms with E-state index in [1.807, 2.05) is 7.05 Å². The third kappa shape index (κ3) is 2.96. The zero-order valence-corrected chi connectivity index (χ0v) is 11.5. The zero-order chi connectivity index (χ0) is 13.2. The zero-order valence-electron chi connectivity index (χ0n) is 11.5. The summed E-state index contributed by atoms with van der Waals surface area (Å²) in [7, 11) is 1.89. The number of rotatable bonds is 5. The van der Waals surface area contributed by atoms with Crippen molar-refractivity contribution < 1.29 is 4.79 Å². The van der Waals surface area contributed by atoms with Gasteiger partial charge in [0, 0.05) is 13.5 Å². The molecule has 0 aromatic carbocycles. The Hall–Kier alpha value is -1.39. The Bertz CT molecular complexity index is 446. The van der Waals surface area contributed by atoms with Crippen molar-refractivity contribution in [2.45, 2.75) is 51.0 Å². The fraction of sp³-hybridized carbons (Fsp3) is 0.786. The first-order valence-electron chi connectivity index (χ1n) is 7.37. The van der Waals surface area contributed by atoms with E-state index in [1.54, 1.807) is 11.0 Å². The van der Waals surface area contributed by atoms with Crippen molar-refractivity contribution in [1.82, 2.24) is 20.1 Å². The van der Waals surface area contributed by atoms with Crippen molar-refractivity contribution in [1.29, 1.82) is 0 Å². The molecule has 0 radical (unpaired) electrons. The number of carbonyl (C=O) groups is 1. The van der Waals surface area contributed by atoms with Gasteiger partial charge in [0.15, 0.2) is 0 Å². The standard InChI is InChI=1S/C14H22N4O/c1-18-14(15-9-16-18)13(11-6-7-11)17-12(19)8-10-4-2-3-5-10/h9-11,13H,2-8H2,1H3,(H,17,19)/t13-/m0/s1. The Morgan fingerprint density at radius 1 is 1.42 bits per heavy atom. The second-order valence-corrected chi connectivity index (χ2v) is 5.98. The summed E-state index contributed by atoms with van der Waals surface area (Å²) in [6, 6.07) is 0.0569. The van der Waals surface area contributed by atoms with E-state index in [9.17, 15) is 4.79 Å². The van der Waals surface area contributed by atoms with Gasteiger partial charge in [0.25, 0.3) is 0 Å². The second kappa shape index (κ2) is 5.31. The van der Waals surface area contributed by atoms with Crippen molar-refractivity contribution in [3.8, 4) is 0 Å². The van der Waals surface area contributed by atoms with E-state index in [0.717, 1.165) is 5.82 Å². The van der Waals surface area contributed by atoms with E-state index in [2.05, 4.69) is 15.4 Å². The minimum absolute atomic E-state index is 0.0569. The van der Waals surface area contributed by atoms with Gasteiger partial charge in [-0.2, -0.15) is 5.10 Å². The van der Waals surface area contributed by atoms with E-state index < -0.39 is 0 Å².